The standard InChI is InChI=1S/C24H20ClN5O2.ClH/c1-29-13-26-11-21(29)24(32,22-12-27-14-30(22)2)16-6-7-20-19(9-16)18(10-23(31)28-20)15-4-3-5-17(25)8-15;/h3-14,32H,1-2H3,(H,28,31);1H. The number of hydrogen-bond donors (Lipinski definition) is 2. The number of aromatic nitrogens is 5. The normalized spacial score (nSPS) is 11.5. The van der Waals surface area contributed by atoms with Gasteiger partial charge in [0.15, 0.2) is 5.60 Å². The predicted octanol–water partition coefficient (Wildman–Crippen LogP) is 4.02. The fraction of sp³-hybridized carbons (Fsp3) is 0.125. The lowest BCUT2D eigenvalue weighted by atomic mass is 9.85. The number of pyridine rings is 1. The summed E-state index contributed by atoms with van der Waals surface area (Å²) in [5, 5.41) is 13.5. The maximum absolute atomic E-state index is 12.3. The third-order valence-corrected chi connectivity index (χ3v) is 6.01. The molecule has 0 aliphatic rings. The second kappa shape index (κ2) is 8.51. The van der Waals surface area contributed by atoms with Crippen LogP contribution in [-0.2, 0) is 19.7 Å². The molecule has 33 heavy (non-hydrogen) atoms. The molecule has 0 aliphatic carbocycles. The molecule has 0 spiro atoms. The molecule has 0 radical (unpaired) electrons. The number of aromatic amines is 1. The van der Waals surface area contributed by atoms with Crippen molar-refractivity contribution in [3.8, 4) is 11.1 Å². The molecular formula is C24H21Cl2N5O2. The van der Waals surface area contributed by atoms with Crippen molar-refractivity contribution in [1.29, 1.82) is 0 Å². The van der Waals surface area contributed by atoms with Gasteiger partial charge in [-0.25, -0.2) is 9.97 Å². The van der Waals surface area contributed by atoms with E-state index >= 15 is 0 Å². The third kappa shape index (κ3) is 3.74. The van der Waals surface area contributed by atoms with Gasteiger partial charge >= 0.3 is 0 Å². The van der Waals surface area contributed by atoms with E-state index in [1.807, 2.05) is 38.4 Å². The molecule has 168 valence electrons. The Morgan fingerprint density at radius 2 is 1.64 bits per heavy atom. The van der Waals surface area contributed by atoms with Crippen molar-refractivity contribution in [2.75, 3.05) is 0 Å². The van der Waals surface area contributed by atoms with Crippen LogP contribution in [0.1, 0.15) is 17.0 Å². The summed E-state index contributed by atoms with van der Waals surface area (Å²) in [5.41, 5.74) is 2.27. The highest BCUT2D eigenvalue weighted by molar-refractivity contribution is 6.30. The van der Waals surface area contributed by atoms with Crippen LogP contribution >= 0.6 is 24.0 Å². The summed E-state index contributed by atoms with van der Waals surface area (Å²) in [4.78, 5) is 23.7. The molecule has 5 rings (SSSR count). The summed E-state index contributed by atoms with van der Waals surface area (Å²) in [6, 6.07) is 14.4. The van der Waals surface area contributed by atoms with Crippen molar-refractivity contribution in [3.05, 3.63) is 106 Å². The van der Waals surface area contributed by atoms with Crippen LogP contribution in [0.4, 0.5) is 0 Å². The lowest BCUT2D eigenvalue weighted by molar-refractivity contribution is 0.109. The van der Waals surface area contributed by atoms with E-state index in [0.29, 0.717) is 27.5 Å². The fourth-order valence-electron chi connectivity index (χ4n) is 4.21. The molecular weight excluding hydrogens is 461 g/mol. The van der Waals surface area contributed by atoms with Gasteiger partial charge in [-0.1, -0.05) is 29.8 Å². The quantitative estimate of drug-likeness (QED) is 0.405. The zero-order valence-electron chi connectivity index (χ0n) is 17.9. The lowest BCUT2D eigenvalue weighted by Gasteiger charge is -2.29. The number of halogens is 2. The Morgan fingerprint density at radius 3 is 2.21 bits per heavy atom. The number of aliphatic hydroxyl groups is 1. The van der Waals surface area contributed by atoms with Crippen LogP contribution < -0.4 is 5.56 Å². The fourth-order valence-corrected chi connectivity index (χ4v) is 4.40. The zero-order valence-corrected chi connectivity index (χ0v) is 19.4. The summed E-state index contributed by atoms with van der Waals surface area (Å²) in [6.45, 7) is 0. The molecule has 5 aromatic rings. The lowest BCUT2D eigenvalue weighted by Crippen LogP contribution is -2.33. The highest BCUT2D eigenvalue weighted by Gasteiger charge is 2.39. The maximum Gasteiger partial charge on any atom is 0.249 e. The summed E-state index contributed by atoms with van der Waals surface area (Å²) < 4.78 is 3.56. The van der Waals surface area contributed by atoms with Gasteiger partial charge in [-0.15, -0.1) is 12.4 Å². The highest BCUT2D eigenvalue weighted by Crippen LogP contribution is 2.38. The molecule has 0 fully saturated rings. The van der Waals surface area contributed by atoms with Crippen molar-refractivity contribution in [2.24, 2.45) is 14.1 Å². The number of benzene rings is 2. The van der Waals surface area contributed by atoms with Crippen molar-refractivity contribution < 1.29 is 5.11 Å². The van der Waals surface area contributed by atoms with Crippen LogP contribution in [0.15, 0.2) is 78.4 Å². The minimum Gasteiger partial charge on any atom is -0.373 e. The Hall–Kier alpha value is -3.39. The Kier molecular flexibility index (Phi) is 5.88. The first-order valence-corrected chi connectivity index (χ1v) is 10.3. The van der Waals surface area contributed by atoms with Gasteiger partial charge in [0.05, 0.1) is 36.4 Å². The van der Waals surface area contributed by atoms with E-state index in [2.05, 4.69) is 15.0 Å². The molecule has 3 aromatic heterocycles. The van der Waals surface area contributed by atoms with Gasteiger partial charge < -0.3 is 19.2 Å². The van der Waals surface area contributed by atoms with Crippen molar-refractivity contribution in [2.45, 2.75) is 5.60 Å². The van der Waals surface area contributed by atoms with Crippen molar-refractivity contribution in [3.63, 3.8) is 0 Å². The molecule has 0 saturated carbocycles. The average molecular weight is 482 g/mol. The highest BCUT2D eigenvalue weighted by atomic mass is 35.5. The molecule has 3 heterocycles. The van der Waals surface area contributed by atoms with Gasteiger partial charge in [0.25, 0.3) is 0 Å². The minimum absolute atomic E-state index is 0. The molecule has 2 N–H and O–H groups in total. The van der Waals surface area contributed by atoms with Crippen LogP contribution in [0.2, 0.25) is 5.02 Å². The first-order valence-electron chi connectivity index (χ1n) is 9.97. The van der Waals surface area contributed by atoms with E-state index in [9.17, 15) is 9.90 Å². The Labute approximate surface area is 200 Å². The first kappa shape index (κ1) is 22.8. The molecule has 7 nitrogen and oxygen atoms in total. The molecule has 0 unspecified atom stereocenters. The SMILES string of the molecule is Cl.Cn1cncc1C(O)(c1ccc2[nH]c(=O)cc(-c3cccc(Cl)c3)c2c1)c1cncn1C. The molecule has 0 aliphatic heterocycles. The molecule has 0 atom stereocenters. The van der Waals surface area contributed by atoms with E-state index in [1.54, 1.807) is 58.4 Å². The second-order valence-electron chi connectivity index (χ2n) is 7.81. The summed E-state index contributed by atoms with van der Waals surface area (Å²) in [5.74, 6) is 0. The van der Waals surface area contributed by atoms with Gasteiger partial charge in [-0.3, -0.25) is 4.79 Å². The van der Waals surface area contributed by atoms with Crippen LogP contribution in [0.25, 0.3) is 22.0 Å². The maximum atomic E-state index is 12.3. The van der Waals surface area contributed by atoms with Crippen LogP contribution in [0, 0.1) is 0 Å². The smallest absolute Gasteiger partial charge is 0.249 e. The number of hydrogen-bond acceptors (Lipinski definition) is 4. The molecule has 0 saturated heterocycles. The van der Waals surface area contributed by atoms with E-state index < -0.39 is 5.60 Å². The number of nitrogens with one attached hydrogen (secondary N) is 1. The molecule has 9 heteroatoms. The van der Waals surface area contributed by atoms with Gasteiger partial charge in [-0.2, -0.15) is 0 Å². The van der Waals surface area contributed by atoms with E-state index in [4.69, 9.17) is 11.6 Å². The number of nitrogens with zero attached hydrogens (tertiary/aromatic N) is 4. The summed E-state index contributed by atoms with van der Waals surface area (Å²) in [6.07, 6.45) is 6.57. The number of imidazole rings is 2. The summed E-state index contributed by atoms with van der Waals surface area (Å²) in [7, 11) is 3.67. The topological polar surface area (TPSA) is 88.7 Å². The Balaban J connectivity index is 0.00000259. The monoisotopic (exact) mass is 481 g/mol. The second-order valence-corrected chi connectivity index (χ2v) is 8.24. The molecule has 2 aromatic carbocycles. The largest absolute Gasteiger partial charge is 0.373 e. The average Bonchev–Trinajstić information content (AvgIpc) is 3.41. The van der Waals surface area contributed by atoms with E-state index in [-0.39, 0.29) is 18.0 Å². The zero-order chi connectivity index (χ0) is 22.5. The van der Waals surface area contributed by atoms with Crippen molar-refractivity contribution in [1.82, 2.24) is 24.1 Å². The number of aryl methyl sites for hydroxylation is 2. The number of rotatable bonds is 4. The summed E-state index contributed by atoms with van der Waals surface area (Å²) >= 11 is 6.21. The third-order valence-electron chi connectivity index (χ3n) is 5.77. The Bertz CT molecular complexity index is 1480. The van der Waals surface area contributed by atoms with Crippen LogP contribution in [0.5, 0.6) is 0 Å². The van der Waals surface area contributed by atoms with Gasteiger partial charge in [0.1, 0.15) is 0 Å². The van der Waals surface area contributed by atoms with Gasteiger partial charge in [0, 0.05) is 36.1 Å². The molecule has 0 amide bonds. The molecule has 0 bridgehead atoms. The first-order chi connectivity index (χ1) is 15.4. The van der Waals surface area contributed by atoms with E-state index in [0.717, 1.165) is 16.5 Å². The number of H-pyrrole nitrogens is 1. The minimum atomic E-state index is -1.52. The predicted molar refractivity (Wildman–Crippen MR) is 131 cm³/mol. The number of fused-ring (bicyclic) bond motifs is 1. The Morgan fingerprint density at radius 1 is 0.970 bits per heavy atom. The van der Waals surface area contributed by atoms with E-state index in [1.165, 1.54) is 0 Å². The van der Waals surface area contributed by atoms with Crippen molar-refractivity contribution >= 4 is 34.9 Å². The van der Waals surface area contributed by atoms with Crippen LogP contribution in [-0.4, -0.2) is 29.2 Å². The van der Waals surface area contributed by atoms with Crippen LogP contribution in [0.3, 0.4) is 0 Å². The van der Waals surface area contributed by atoms with Gasteiger partial charge in [-0.05, 0) is 41.0 Å². The van der Waals surface area contributed by atoms with Gasteiger partial charge in [0.2, 0.25) is 5.56 Å².